The SMILES string of the molecule is O=C(O)CCCc1cn(-c2ccc(F)cc2)c2ccc(Cl)cc12. The number of hydrogen-bond donors (Lipinski definition) is 1. The Labute approximate surface area is 137 Å². The van der Waals surface area contributed by atoms with Crippen molar-refractivity contribution in [3.8, 4) is 5.69 Å². The molecule has 118 valence electrons. The molecule has 0 amide bonds. The number of fused-ring (bicyclic) bond motifs is 1. The molecular weight excluding hydrogens is 317 g/mol. The average Bonchev–Trinajstić information content (AvgIpc) is 2.86. The lowest BCUT2D eigenvalue weighted by Crippen LogP contribution is -1.95. The highest BCUT2D eigenvalue weighted by atomic mass is 35.5. The van der Waals surface area contributed by atoms with Crippen molar-refractivity contribution in [2.45, 2.75) is 19.3 Å². The number of halogens is 2. The Bertz CT molecular complexity index is 855. The van der Waals surface area contributed by atoms with Gasteiger partial charge in [0.2, 0.25) is 0 Å². The predicted octanol–water partition coefficient (Wildman–Crippen LogP) is 4.83. The van der Waals surface area contributed by atoms with Crippen LogP contribution in [0.25, 0.3) is 16.6 Å². The van der Waals surface area contributed by atoms with E-state index in [1.165, 1.54) is 12.1 Å². The Morgan fingerprint density at radius 1 is 1.17 bits per heavy atom. The molecule has 1 N–H and O–H groups in total. The summed E-state index contributed by atoms with van der Waals surface area (Å²) >= 11 is 6.10. The summed E-state index contributed by atoms with van der Waals surface area (Å²) in [4.78, 5) is 10.7. The van der Waals surface area contributed by atoms with Crippen molar-refractivity contribution in [3.05, 3.63) is 65.1 Å². The highest BCUT2D eigenvalue weighted by molar-refractivity contribution is 6.31. The maximum atomic E-state index is 13.1. The highest BCUT2D eigenvalue weighted by Crippen LogP contribution is 2.28. The summed E-state index contributed by atoms with van der Waals surface area (Å²) in [6.07, 6.45) is 3.31. The lowest BCUT2D eigenvalue weighted by Gasteiger charge is -2.05. The number of aromatic nitrogens is 1. The van der Waals surface area contributed by atoms with Gasteiger partial charge in [0.15, 0.2) is 0 Å². The maximum absolute atomic E-state index is 13.1. The summed E-state index contributed by atoms with van der Waals surface area (Å²) in [5, 5.41) is 10.4. The number of carboxylic acids is 1. The first-order valence-electron chi connectivity index (χ1n) is 7.32. The fourth-order valence-electron chi connectivity index (χ4n) is 2.72. The number of carboxylic acid groups (broad SMARTS) is 1. The van der Waals surface area contributed by atoms with E-state index in [1.54, 1.807) is 12.1 Å². The lowest BCUT2D eigenvalue weighted by molar-refractivity contribution is -0.137. The van der Waals surface area contributed by atoms with Crippen LogP contribution in [0, 0.1) is 5.82 Å². The van der Waals surface area contributed by atoms with Crippen molar-refractivity contribution >= 4 is 28.5 Å². The van der Waals surface area contributed by atoms with E-state index >= 15 is 0 Å². The Morgan fingerprint density at radius 3 is 2.61 bits per heavy atom. The van der Waals surface area contributed by atoms with Gasteiger partial charge in [0, 0.05) is 28.7 Å². The van der Waals surface area contributed by atoms with E-state index in [-0.39, 0.29) is 12.2 Å². The molecule has 3 nitrogen and oxygen atoms in total. The topological polar surface area (TPSA) is 42.2 Å². The quantitative estimate of drug-likeness (QED) is 0.727. The van der Waals surface area contributed by atoms with E-state index in [0.717, 1.165) is 22.2 Å². The van der Waals surface area contributed by atoms with Crippen LogP contribution in [-0.4, -0.2) is 15.6 Å². The third kappa shape index (κ3) is 3.37. The van der Waals surface area contributed by atoms with Gasteiger partial charge < -0.3 is 9.67 Å². The molecule has 1 heterocycles. The molecule has 2 aromatic carbocycles. The summed E-state index contributed by atoms with van der Waals surface area (Å²) in [5.74, 6) is -1.08. The fourth-order valence-corrected chi connectivity index (χ4v) is 2.89. The first-order valence-corrected chi connectivity index (χ1v) is 7.69. The standard InChI is InChI=1S/C18H15ClFNO2/c19-13-4-9-17-16(10-13)12(2-1-3-18(22)23)11-21(17)15-7-5-14(20)6-8-15/h4-11H,1-3H2,(H,22,23). The normalized spacial score (nSPS) is 11.0. The Hall–Kier alpha value is -2.33. The maximum Gasteiger partial charge on any atom is 0.303 e. The van der Waals surface area contributed by atoms with Gasteiger partial charge in [-0.15, -0.1) is 0 Å². The zero-order valence-corrected chi connectivity index (χ0v) is 13.1. The van der Waals surface area contributed by atoms with Gasteiger partial charge >= 0.3 is 5.97 Å². The van der Waals surface area contributed by atoms with Crippen LogP contribution in [0.5, 0.6) is 0 Å². The Kier molecular flexibility index (Phi) is 4.35. The van der Waals surface area contributed by atoms with Crippen LogP contribution in [0.3, 0.4) is 0 Å². The van der Waals surface area contributed by atoms with E-state index in [2.05, 4.69) is 0 Å². The van der Waals surface area contributed by atoms with Crippen molar-refractivity contribution in [1.29, 1.82) is 0 Å². The zero-order chi connectivity index (χ0) is 16.4. The smallest absolute Gasteiger partial charge is 0.303 e. The number of benzene rings is 2. The number of aryl methyl sites for hydroxylation is 1. The first kappa shape index (κ1) is 15.6. The molecule has 0 unspecified atom stereocenters. The molecule has 0 spiro atoms. The van der Waals surface area contributed by atoms with Gasteiger partial charge in [-0.05, 0) is 60.9 Å². The summed E-state index contributed by atoms with van der Waals surface area (Å²) in [5.41, 5.74) is 2.85. The third-order valence-electron chi connectivity index (χ3n) is 3.79. The van der Waals surface area contributed by atoms with Gasteiger partial charge in [0.25, 0.3) is 0 Å². The predicted molar refractivity (Wildman–Crippen MR) is 88.8 cm³/mol. The first-order chi connectivity index (χ1) is 11.0. The molecule has 1 aromatic heterocycles. The minimum Gasteiger partial charge on any atom is -0.481 e. The van der Waals surface area contributed by atoms with Gasteiger partial charge in [-0.3, -0.25) is 4.79 Å². The van der Waals surface area contributed by atoms with Crippen molar-refractivity contribution in [3.63, 3.8) is 0 Å². The van der Waals surface area contributed by atoms with E-state index in [9.17, 15) is 9.18 Å². The van der Waals surface area contributed by atoms with Crippen LogP contribution < -0.4 is 0 Å². The van der Waals surface area contributed by atoms with Crippen LogP contribution >= 0.6 is 11.6 Å². The number of hydrogen-bond acceptors (Lipinski definition) is 1. The molecule has 0 bridgehead atoms. The second kappa shape index (κ2) is 6.42. The van der Waals surface area contributed by atoms with Crippen molar-refractivity contribution in [1.82, 2.24) is 4.57 Å². The Morgan fingerprint density at radius 2 is 1.91 bits per heavy atom. The molecule has 23 heavy (non-hydrogen) atoms. The monoisotopic (exact) mass is 331 g/mol. The molecule has 0 saturated heterocycles. The minimum absolute atomic E-state index is 0.129. The molecule has 0 atom stereocenters. The summed E-state index contributed by atoms with van der Waals surface area (Å²) in [6.45, 7) is 0. The molecular formula is C18H15ClFNO2. The van der Waals surface area contributed by atoms with Crippen LogP contribution in [-0.2, 0) is 11.2 Å². The molecule has 3 aromatic rings. The van der Waals surface area contributed by atoms with Crippen molar-refractivity contribution in [2.75, 3.05) is 0 Å². The van der Waals surface area contributed by atoms with Crippen molar-refractivity contribution in [2.24, 2.45) is 0 Å². The molecule has 0 saturated carbocycles. The molecule has 0 aliphatic carbocycles. The number of aliphatic carboxylic acids is 1. The third-order valence-corrected chi connectivity index (χ3v) is 4.03. The largest absolute Gasteiger partial charge is 0.481 e. The second-order valence-corrected chi connectivity index (χ2v) is 5.85. The van der Waals surface area contributed by atoms with E-state index in [0.29, 0.717) is 17.9 Å². The van der Waals surface area contributed by atoms with Crippen LogP contribution in [0.1, 0.15) is 18.4 Å². The van der Waals surface area contributed by atoms with E-state index < -0.39 is 5.97 Å². The van der Waals surface area contributed by atoms with Gasteiger partial charge in [0.05, 0.1) is 5.52 Å². The summed E-state index contributed by atoms with van der Waals surface area (Å²) in [6, 6.07) is 11.9. The lowest BCUT2D eigenvalue weighted by atomic mass is 10.1. The molecule has 0 fully saturated rings. The minimum atomic E-state index is -0.801. The van der Waals surface area contributed by atoms with Gasteiger partial charge in [0.1, 0.15) is 5.82 Å². The molecule has 0 radical (unpaired) electrons. The molecule has 3 rings (SSSR count). The van der Waals surface area contributed by atoms with E-state index in [1.807, 2.05) is 29.0 Å². The molecule has 5 heteroatoms. The van der Waals surface area contributed by atoms with Gasteiger partial charge in [-0.2, -0.15) is 0 Å². The Balaban J connectivity index is 2.04. The second-order valence-electron chi connectivity index (χ2n) is 5.41. The summed E-state index contributed by atoms with van der Waals surface area (Å²) < 4.78 is 15.1. The zero-order valence-electron chi connectivity index (χ0n) is 12.3. The van der Waals surface area contributed by atoms with E-state index in [4.69, 9.17) is 16.7 Å². The number of nitrogens with zero attached hydrogens (tertiary/aromatic N) is 1. The molecule has 0 aliphatic rings. The number of rotatable bonds is 5. The van der Waals surface area contributed by atoms with Crippen LogP contribution in [0.2, 0.25) is 5.02 Å². The summed E-state index contributed by atoms with van der Waals surface area (Å²) in [7, 11) is 0. The molecule has 0 aliphatic heterocycles. The highest BCUT2D eigenvalue weighted by Gasteiger charge is 2.11. The van der Waals surface area contributed by atoms with Gasteiger partial charge in [-0.25, -0.2) is 4.39 Å². The van der Waals surface area contributed by atoms with Crippen LogP contribution in [0.15, 0.2) is 48.7 Å². The van der Waals surface area contributed by atoms with Gasteiger partial charge in [-0.1, -0.05) is 11.6 Å². The average molecular weight is 332 g/mol. The van der Waals surface area contributed by atoms with Crippen LogP contribution in [0.4, 0.5) is 4.39 Å². The fraction of sp³-hybridized carbons (Fsp3) is 0.167. The number of carbonyl (C=O) groups is 1. The van der Waals surface area contributed by atoms with Crippen molar-refractivity contribution < 1.29 is 14.3 Å².